The first-order valence-corrected chi connectivity index (χ1v) is 4.60. The van der Waals surface area contributed by atoms with Crippen LogP contribution < -0.4 is 0 Å². The minimum atomic E-state index is 0.242. The molecule has 1 aliphatic carbocycles. The highest BCUT2D eigenvalue weighted by Gasteiger charge is 2.18. The lowest BCUT2D eigenvalue weighted by Crippen LogP contribution is -2.31. The third-order valence-corrected chi connectivity index (χ3v) is 2.48. The number of likely N-dealkylation sites (N-methyl/N-ethyl adjacent to an activating group) is 1. The van der Waals surface area contributed by atoms with Gasteiger partial charge in [0.1, 0.15) is 0 Å². The van der Waals surface area contributed by atoms with Crippen molar-refractivity contribution in [3.63, 3.8) is 0 Å². The fraction of sp³-hybridized carbons (Fsp3) is 0.700. The smallest absolute Gasteiger partial charge is 0.157 e. The predicted molar refractivity (Wildman–Crippen MR) is 51.4 cm³/mol. The van der Waals surface area contributed by atoms with Crippen LogP contribution in [0.25, 0.3) is 0 Å². The zero-order valence-electron chi connectivity index (χ0n) is 8.54. The molecule has 0 aromatic heterocycles. The van der Waals surface area contributed by atoms with Crippen molar-refractivity contribution >= 4 is 5.78 Å². The van der Waals surface area contributed by atoms with E-state index in [4.69, 9.17) is 4.74 Å². The maximum Gasteiger partial charge on any atom is 0.157 e. The Hall–Kier alpha value is -0.830. The molecule has 0 saturated carbocycles. The molecule has 3 nitrogen and oxygen atoms in total. The molecule has 0 spiro atoms. The molecule has 0 saturated heterocycles. The van der Waals surface area contributed by atoms with Crippen LogP contribution in [0, 0.1) is 0 Å². The summed E-state index contributed by atoms with van der Waals surface area (Å²) < 4.78 is 5.06. The molecular weight excluding hydrogens is 166 g/mol. The average Bonchev–Trinajstić information content (AvgIpc) is 2.51. The summed E-state index contributed by atoms with van der Waals surface area (Å²) in [6.07, 6.45) is 3.29. The van der Waals surface area contributed by atoms with Crippen LogP contribution in [0.15, 0.2) is 11.8 Å². The number of rotatable bonds is 4. The van der Waals surface area contributed by atoms with Gasteiger partial charge in [-0.05, 0) is 13.3 Å². The molecule has 1 rings (SSSR count). The number of allylic oxidation sites excluding steroid dienone is 2. The molecule has 3 heteroatoms. The van der Waals surface area contributed by atoms with Crippen molar-refractivity contribution in [1.29, 1.82) is 0 Å². The summed E-state index contributed by atoms with van der Waals surface area (Å²) in [5.41, 5.74) is 1.13. The Balaban J connectivity index is 2.51. The van der Waals surface area contributed by atoms with Gasteiger partial charge in [-0.3, -0.25) is 4.79 Å². The summed E-state index contributed by atoms with van der Waals surface area (Å²) in [6, 6.07) is 0.335. The minimum absolute atomic E-state index is 0.242. The fourth-order valence-electron chi connectivity index (χ4n) is 1.50. The molecule has 0 aliphatic heterocycles. The van der Waals surface area contributed by atoms with E-state index in [1.807, 2.05) is 7.05 Å². The van der Waals surface area contributed by atoms with Crippen molar-refractivity contribution in [3.05, 3.63) is 11.8 Å². The van der Waals surface area contributed by atoms with Crippen molar-refractivity contribution in [2.75, 3.05) is 20.8 Å². The number of hydrogen-bond donors (Lipinski definition) is 0. The molecule has 1 aliphatic rings. The molecule has 0 N–H and O–H groups in total. The number of hydrogen-bond acceptors (Lipinski definition) is 3. The van der Waals surface area contributed by atoms with E-state index in [0.717, 1.165) is 12.1 Å². The van der Waals surface area contributed by atoms with Crippen LogP contribution in [0.4, 0.5) is 0 Å². The summed E-state index contributed by atoms with van der Waals surface area (Å²) >= 11 is 0. The molecule has 0 bridgehead atoms. The Bertz CT molecular complexity index is 223. The minimum Gasteiger partial charge on any atom is -0.383 e. The molecule has 1 atom stereocenters. The second-order valence-corrected chi connectivity index (χ2v) is 3.52. The van der Waals surface area contributed by atoms with Gasteiger partial charge in [-0.25, -0.2) is 0 Å². The van der Waals surface area contributed by atoms with Crippen LogP contribution in [0.2, 0.25) is 0 Å². The first-order chi connectivity index (χ1) is 6.15. The highest BCUT2D eigenvalue weighted by Crippen LogP contribution is 2.19. The van der Waals surface area contributed by atoms with Gasteiger partial charge in [-0.15, -0.1) is 0 Å². The quantitative estimate of drug-likeness (QED) is 0.656. The number of ketones is 1. The lowest BCUT2D eigenvalue weighted by atomic mass is 10.2. The summed E-state index contributed by atoms with van der Waals surface area (Å²) in [5.74, 6) is 0.242. The first kappa shape index (κ1) is 10.3. The zero-order valence-corrected chi connectivity index (χ0v) is 8.54. The van der Waals surface area contributed by atoms with E-state index in [2.05, 4.69) is 11.8 Å². The third kappa shape index (κ3) is 2.56. The molecule has 0 fully saturated rings. The molecule has 74 valence electrons. The van der Waals surface area contributed by atoms with Crippen LogP contribution in [0.5, 0.6) is 0 Å². The van der Waals surface area contributed by atoms with Crippen molar-refractivity contribution in [2.45, 2.75) is 25.8 Å². The van der Waals surface area contributed by atoms with E-state index in [1.54, 1.807) is 13.2 Å². The topological polar surface area (TPSA) is 29.5 Å². The Labute approximate surface area is 79.4 Å². The lowest BCUT2D eigenvalue weighted by molar-refractivity contribution is -0.114. The maximum atomic E-state index is 11.0. The van der Waals surface area contributed by atoms with Crippen LogP contribution in [0.1, 0.15) is 19.8 Å². The first-order valence-electron chi connectivity index (χ1n) is 4.60. The second kappa shape index (κ2) is 4.42. The standard InChI is InChI=1S/C10H17NO2/c1-8(7-13-3)11(2)9-4-5-10(12)6-9/h6,8H,4-5,7H2,1-3H3. The van der Waals surface area contributed by atoms with Gasteiger partial charge < -0.3 is 9.64 Å². The molecule has 0 aromatic carbocycles. The van der Waals surface area contributed by atoms with Crippen LogP contribution in [0.3, 0.4) is 0 Å². The third-order valence-electron chi connectivity index (χ3n) is 2.48. The molecule has 0 heterocycles. The van der Waals surface area contributed by atoms with Crippen molar-refractivity contribution < 1.29 is 9.53 Å². The Morgan fingerprint density at radius 2 is 2.31 bits per heavy atom. The summed E-state index contributed by atoms with van der Waals surface area (Å²) in [6.45, 7) is 2.79. The van der Waals surface area contributed by atoms with Crippen molar-refractivity contribution in [2.24, 2.45) is 0 Å². The second-order valence-electron chi connectivity index (χ2n) is 3.52. The van der Waals surface area contributed by atoms with E-state index in [9.17, 15) is 4.79 Å². The highest BCUT2D eigenvalue weighted by atomic mass is 16.5. The SMILES string of the molecule is COCC(C)N(C)C1=CC(=O)CC1. The molecule has 0 amide bonds. The van der Waals surface area contributed by atoms with E-state index < -0.39 is 0 Å². The van der Waals surface area contributed by atoms with E-state index in [-0.39, 0.29) is 5.78 Å². The fourth-order valence-corrected chi connectivity index (χ4v) is 1.50. The Morgan fingerprint density at radius 3 is 2.77 bits per heavy atom. The van der Waals surface area contributed by atoms with Gasteiger partial charge in [-0.1, -0.05) is 0 Å². The van der Waals surface area contributed by atoms with E-state index in [1.165, 1.54) is 0 Å². The lowest BCUT2D eigenvalue weighted by Gasteiger charge is -2.27. The molecule has 0 radical (unpaired) electrons. The van der Waals surface area contributed by atoms with Crippen LogP contribution in [-0.2, 0) is 9.53 Å². The zero-order chi connectivity index (χ0) is 9.84. The maximum absolute atomic E-state index is 11.0. The monoisotopic (exact) mass is 183 g/mol. The summed E-state index contributed by atoms with van der Waals surface area (Å²) in [7, 11) is 3.70. The largest absolute Gasteiger partial charge is 0.383 e. The predicted octanol–water partition coefficient (Wildman–Crippen LogP) is 1.20. The normalized spacial score (nSPS) is 18.7. The van der Waals surface area contributed by atoms with Crippen LogP contribution >= 0.6 is 0 Å². The molecule has 1 unspecified atom stereocenters. The number of carbonyl (C=O) groups is 1. The number of nitrogens with zero attached hydrogens (tertiary/aromatic N) is 1. The van der Waals surface area contributed by atoms with Gasteiger partial charge >= 0.3 is 0 Å². The molecular formula is C10H17NO2. The molecule has 0 aromatic rings. The molecule has 13 heavy (non-hydrogen) atoms. The van der Waals surface area contributed by atoms with Crippen molar-refractivity contribution in [1.82, 2.24) is 4.90 Å². The Morgan fingerprint density at radius 1 is 1.62 bits per heavy atom. The number of ether oxygens (including phenoxy) is 1. The average molecular weight is 183 g/mol. The van der Waals surface area contributed by atoms with Gasteiger partial charge in [0.2, 0.25) is 0 Å². The van der Waals surface area contributed by atoms with Gasteiger partial charge in [0.25, 0.3) is 0 Å². The van der Waals surface area contributed by atoms with Gasteiger partial charge in [0.15, 0.2) is 5.78 Å². The highest BCUT2D eigenvalue weighted by molar-refractivity contribution is 5.92. The van der Waals surface area contributed by atoms with Crippen LogP contribution in [-0.4, -0.2) is 37.5 Å². The summed E-state index contributed by atoms with van der Waals surface area (Å²) in [4.78, 5) is 13.1. The van der Waals surface area contributed by atoms with E-state index in [0.29, 0.717) is 19.1 Å². The van der Waals surface area contributed by atoms with Gasteiger partial charge in [0, 0.05) is 38.4 Å². The number of carbonyl (C=O) groups excluding carboxylic acids is 1. The van der Waals surface area contributed by atoms with Gasteiger partial charge in [0.05, 0.1) is 6.61 Å². The number of methoxy groups -OCH3 is 1. The van der Waals surface area contributed by atoms with Crippen molar-refractivity contribution in [3.8, 4) is 0 Å². The Kier molecular flexibility index (Phi) is 3.48. The summed E-state index contributed by atoms with van der Waals surface area (Å²) in [5, 5.41) is 0. The van der Waals surface area contributed by atoms with Gasteiger partial charge in [-0.2, -0.15) is 0 Å². The van der Waals surface area contributed by atoms with E-state index >= 15 is 0 Å².